The van der Waals surface area contributed by atoms with Crippen LogP contribution in [0.5, 0.6) is 0 Å². The second-order valence-electron chi connectivity index (χ2n) is 7.00. The van der Waals surface area contributed by atoms with Gasteiger partial charge in [-0.1, -0.05) is 36.8 Å². The Labute approximate surface area is 159 Å². The number of hydrogen-bond acceptors (Lipinski definition) is 2. The van der Waals surface area contributed by atoms with Gasteiger partial charge in [0.05, 0.1) is 5.92 Å². The molecule has 1 atom stereocenters. The lowest BCUT2D eigenvalue weighted by atomic mass is 9.94. The van der Waals surface area contributed by atoms with Crippen LogP contribution in [0, 0.1) is 12.7 Å². The van der Waals surface area contributed by atoms with Crippen molar-refractivity contribution in [2.24, 2.45) is 0 Å². The molecule has 0 N–H and O–H groups in total. The fourth-order valence-corrected chi connectivity index (χ4v) is 3.56. The van der Waals surface area contributed by atoms with Crippen molar-refractivity contribution < 1.29 is 14.0 Å². The first-order valence-electron chi connectivity index (χ1n) is 9.39. The Hall–Kier alpha value is -2.69. The van der Waals surface area contributed by atoms with E-state index in [-0.39, 0.29) is 23.5 Å². The van der Waals surface area contributed by atoms with Crippen LogP contribution in [0.2, 0.25) is 0 Å². The maximum Gasteiger partial charge on any atom is 0.253 e. The van der Waals surface area contributed by atoms with E-state index in [2.05, 4.69) is 0 Å². The van der Waals surface area contributed by atoms with Gasteiger partial charge in [0.25, 0.3) is 5.91 Å². The van der Waals surface area contributed by atoms with Crippen molar-refractivity contribution in [1.29, 1.82) is 0 Å². The van der Waals surface area contributed by atoms with E-state index in [1.54, 1.807) is 17.0 Å². The summed E-state index contributed by atoms with van der Waals surface area (Å²) >= 11 is 0. The summed E-state index contributed by atoms with van der Waals surface area (Å²) in [4.78, 5) is 29.2. The maximum absolute atomic E-state index is 13.2. The number of benzene rings is 2. The molecule has 0 bridgehead atoms. The quantitative estimate of drug-likeness (QED) is 0.827. The zero-order valence-electron chi connectivity index (χ0n) is 15.8. The number of aryl methyl sites for hydroxylation is 1. The van der Waals surface area contributed by atoms with Crippen LogP contribution < -0.4 is 0 Å². The maximum atomic E-state index is 13.2. The fourth-order valence-electron chi connectivity index (χ4n) is 3.56. The summed E-state index contributed by atoms with van der Waals surface area (Å²) in [6, 6.07) is 13.7. The molecule has 5 heteroatoms. The highest BCUT2D eigenvalue weighted by Gasteiger charge is 2.29. The van der Waals surface area contributed by atoms with E-state index in [9.17, 15) is 14.0 Å². The molecule has 0 spiro atoms. The van der Waals surface area contributed by atoms with Gasteiger partial charge in [0.2, 0.25) is 5.91 Å². The lowest BCUT2D eigenvalue weighted by Gasteiger charge is -2.36. The molecule has 2 aromatic carbocycles. The standard InChI is InChI=1S/C22H25FN2O2/c1-3-20(17-7-9-19(23)10-8-17)22(27)25-13-11-24(12-14-25)21(26)18-6-4-5-16(2)15-18/h4-10,15,20H,3,11-14H2,1-2H3. The van der Waals surface area contributed by atoms with E-state index < -0.39 is 0 Å². The van der Waals surface area contributed by atoms with Crippen LogP contribution >= 0.6 is 0 Å². The Morgan fingerprint density at radius 3 is 2.22 bits per heavy atom. The molecule has 0 radical (unpaired) electrons. The minimum Gasteiger partial charge on any atom is -0.339 e. The molecule has 1 aliphatic heterocycles. The summed E-state index contributed by atoms with van der Waals surface area (Å²) in [7, 11) is 0. The molecular weight excluding hydrogens is 343 g/mol. The second-order valence-corrected chi connectivity index (χ2v) is 7.00. The van der Waals surface area contributed by atoms with Crippen LogP contribution in [0.25, 0.3) is 0 Å². The van der Waals surface area contributed by atoms with Crippen molar-refractivity contribution in [3.63, 3.8) is 0 Å². The number of piperazine rings is 1. The Morgan fingerprint density at radius 2 is 1.63 bits per heavy atom. The van der Waals surface area contributed by atoms with Gasteiger partial charge in [-0.15, -0.1) is 0 Å². The highest BCUT2D eigenvalue weighted by atomic mass is 19.1. The summed E-state index contributed by atoms with van der Waals surface area (Å²) in [5.74, 6) is -0.517. The molecule has 4 nitrogen and oxygen atoms in total. The molecule has 2 amide bonds. The van der Waals surface area contributed by atoms with Gasteiger partial charge in [-0.3, -0.25) is 9.59 Å². The molecule has 0 saturated carbocycles. The van der Waals surface area contributed by atoms with E-state index in [0.29, 0.717) is 38.2 Å². The van der Waals surface area contributed by atoms with Crippen molar-refractivity contribution in [1.82, 2.24) is 9.80 Å². The Kier molecular flexibility index (Phi) is 5.89. The zero-order valence-corrected chi connectivity index (χ0v) is 15.8. The van der Waals surface area contributed by atoms with E-state index in [4.69, 9.17) is 0 Å². The number of halogens is 1. The Bertz CT molecular complexity index is 811. The van der Waals surface area contributed by atoms with E-state index in [1.807, 2.05) is 43.0 Å². The Morgan fingerprint density at radius 1 is 1.00 bits per heavy atom. The molecule has 1 saturated heterocycles. The van der Waals surface area contributed by atoms with Crippen LogP contribution in [0.15, 0.2) is 48.5 Å². The number of nitrogens with zero attached hydrogens (tertiary/aromatic N) is 2. The molecule has 2 aromatic rings. The summed E-state index contributed by atoms with van der Waals surface area (Å²) in [5, 5.41) is 0. The van der Waals surface area contributed by atoms with Gasteiger partial charge < -0.3 is 9.80 Å². The molecule has 0 aliphatic carbocycles. The lowest BCUT2D eigenvalue weighted by Crippen LogP contribution is -2.51. The van der Waals surface area contributed by atoms with Gasteiger partial charge >= 0.3 is 0 Å². The third kappa shape index (κ3) is 4.35. The highest BCUT2D eigenvalue weighted by molar-refractivity contribution is 5.94. The van der Waals surface area contributed by atoms with Crippen molar-refractivity contribution in [3.05, 3.63) is 71.0 Å². The average Bonchev–Trinajstić information content (AvgIpc) is 2.69. The molecule has 3 rings (SSSR count). The summed E-state index contributed by atoms with van der Waals surface area (Å²) in [6.07, 6.45) is 0.660. The van der Waals surface area contributed by atoms with Crippen LogP contribution in [0.3, 0.4) is 0 Å². The third-order valence-electron chi connectivity index (χ3n) is 5.12. The SMILES string of the molecule is CCC(C(=O)N1CCN(C(=O)c2cccc(C)c2)CC1)c1ccc(F)cc1. The van der Waals surface area contributed by atoms with Gasteiger partial charge in [-0.2, -0.15) is 0 Å². The minimum atomic E-state index is -0.302. The van der Waals surface area contributed by atoms with Gasteiger partial charge in [-0.05, 0) is 43.2 Å². The summed E-state index contributed by atoms with van der Waals surface area (Å²) in [5.41, 5.74) is 2.58. The Balaban J connectivity index is 1.63. The first-order valence-corrected chi connectivity index (χ1v) is 9.39. The topological polar surface area (TPSA) is 40.6 Å². The fraction of sp³-hybridized carbons (Fsp3) is 0.364. The van der Waals surface area contributed by atoms with Gasteiger partial charge in [0, 0.05) is 31.7 Å². The molecule has 1 aliphatic rings. The number of carbonyl (C=O) groups excluding carboxylic acids is 2. The average molecular weight is 368 g/mol. The van der Waals surface area contributed by atoms with E-state index in [1.165, 1.54) is 12.1 Å². The zero-order chi connectivity index (χ0) is 19.4. The van der Waals surface area contributed by atoms with Gasteiger partial charge in [0.15, 0.2) is 0 Å². The predicted octanol–water partition coefficient (Wildman–Crippen LogP) is 3.61. The third-order valence-corrected chi connectivity index (χ3v) is 5.12. The van der Waals surface area contributed by atoms with Crippen LogP contribution in [-0.4, -0.2) is 47.8 Å². The molecule has 27 heavy (non-hydrogen) atoms. The first kappa shape index (κ1) is 19.1. The second kappa shape index (κ2) is 8.33. The molecule has 0 aromatic heterocycles. The number of rotatable bonds is 4. The van der Waals surface area contributed by atoms with Crippen molar-refractivity contribution >= 4 is 11.8 Å². The molecule has 1 unspecified atom stereocenters. The molecular formula is C22H25FN2O2. The summed E-state index contributed by atoms with van der Waals surface area (Å²) < 4.78 is 13.2. The van der Waals surface area contributed by atoms with Crippen molar-refractivity contribution in [3.8, 4) is 0 Å². The molecule has 1 heterocycles. The first-order chi connectivity index (χ1) is 13.0. The molecule has 1 fully saturated rings. The van der Waals surface area contributed by atoms with Crippen molar-refractivity contribution in [2.75, 3.05) is 26.2 Å². The normalized spacial score (nSPS) is 15.5. The molecule has 142 valence electrons. The monoisotopic (exact) mass is 368 g/mol. The lowest BCUT2D eigenvalue weighted by molar-refractivity contribution is -0.134. The smallest absolute Gasteiger partial charge is 0.253 e. The largest absolute Gasteiger partial charge is 0.339 e. The predicted molar refractivity (Wildman–Crippen MR) is 103 cm³/mol. The van der Waals surface area contributed by atoms with Gasteiger partial charge in [0.1, 0.15) is 5.82 Å². The van der Waals surface area contributed by atoms with Crippen LogP contribution in [0.4, 0.5) is 4.39 Å². The van der Waals surface area contributed by atoms with E-state index >= 15 is 0 Å². The number of hydrogen-bond donors (Lipinski definition) is 0. The number of carbonyl (C=O) groups is 2. The number of amides is 2. The van der Waals surface area contributed by atoms with Crippen LogP contribution in [-0.2, 0) is 4.79 Å². The minimum absolute atomic E-state index is 0.0105. The van der Waals surface area contributed by atoms with Crippen molar-refractivity contribution in [2.45, 2.75) is 26.2 Å². The van der Waals surface area contributed by atoms with Crippen LogP contribution in [0.1, 0.15) is 40.7 Å². The highest BCUT2D eigenvalue weighted by Crippen LogP contribution is 2.23. The van der Waals surface area contributed by atoms with Gasteiger partial charge in [-0.25, -0.2) is 4.39 Å². The van der Waals surface area contributed by atoms with E-state index in [0.717, 1.165) is 11.1 Å². The summed E-state index contributed by atoms with van der Waals surface area (Å²) in [6.45, 7) is 6.02.